The van der Waals surface area contributed by atoms with Gasteiger partial charge in [0.05, 0.1) is 16.9 Å². The zero-order valence-corrected chi connectivity index (χ0v) is 21.3. The van der Waals surface area contributed by atoms with Crippen LogP contribution in [0.2, 0.25) is 0 Å². The molecule has 1 spiro atoms. The minimum absolute atomic E-state index is 0.326. The van der Waals surface area contributed by atoms with Crippen LogP contribution in [0.1, 0.15) is 33.5 Å². The minimum atomic E-state index is -1.20. The molecule has 0 fully saturated rings. The van der Waals surface area contributed by atoms with Gasteiger partial charge >= 0.3 is 5.97 Å². The number of nitrogens with two attached hydrogens (primary N) is 1. The van der Waals surface area contributed by atoms with E-state index in [1.807, 2.05) is 86.5 Å². The first-order chi connectivity index (χ1) is 17.8. The van der Waals surface area contributed by atoms with Crippen molar-refractivity contribution in [2.75, 3.05) is 62.1 Å². The van der Waals surface area contributed by atoms with E-state index < -0.39 is 11.6 Å². The number of esters is 1. The van der Waals surface area contributed by atoms with Gasteiger partial charge in [-0.1, -0.05) is 11.2 Å². The molecule has 10 heteroatoms. The topological polar surface area (TPSA) is 129 Å². The van der Waals surface area contributed by atoms with Crippen LogP contribution in [-0.4, -0.2) is 47.2 Å². The van der Waals surface area contributed by atoms with Crippen molar-refractivity contribution < 1.29 is 14.3 Å². The number of fused-ring (bicyclic) bond motifs is 6. The summed E-state index contributed by atoms with van der Waals surface area (Å²) in [4.78, 5) is 20.2. The smallest absolute Gasteiger partial charge is 0.342 e. The highest BCUT2D eigenvalue weighted by molar-refractivity contribution is 6.04. The molecule has 0 bridgehead atoms. The number of hydrogen-bond donors (Lipinski definition) is 2. The fourth-order valence-electron chi connectivity index (χ4n) is 4.94. The van der Waals surface area contributed by atoms with E-state index in [-0.39, 0.29) is 0 Å². The molecule has 3 aromatic rings. The number of benzene rings is 3. The second-order valence-electron chi connectivity index (χ2n) is 9.51. The SMILES string of the molecule is CN(C)c1ccc2c(c1)Oc1cc(N(C)C)ccc1C21OC(=O)c2c1ccc(NCCCN=[N+]=[N-])c2N. The van der Waals surface area contributed by atoms with E-state index in [0.29, 0.717) is 53.5 Å². The second-order valence-corrected chi connectivity index (χ2v) is 9.51. The van der Waals surface area contributed by atoms with Crippen molar-refractivity contribution in [1.29, 1.82) is 0 Å². The zero-order chi connectivity index (χ0) is 26.3. The van der Waals surface area contributed by atoms with E-state index in [1.54, 1.807) is 0 Å². The number of azide groups is 1. The minimum Gasteiger partial charge on any atom is -0.456 e. The maximum Gasteiger partial charge on any atom is 0.342 e. The zero-order valence-electron chi connectivity index (χ0n) is 21.3. The largest absolute Gasteiger partial charge is 0.456 e. The lowest BCUT2D eigenvalue weighted by atomic mass is 9.77. The number of ether oxygens (including phenoxy) is 2. The molecule has 0 radical (unpaired) electrons. The van der Waals surface area contributed by atoms with Crippen molar-refractivity contribution in [1.82, 2.24) is 0 Å². The molecule has 0 saturated carbocycles. The lowest BCUT2D eigenvalue weighted by molar-refractivity contribution is 0.0225. The Kier molecular flexibility index (Phi) is 5.97. The van der Waals surface area contributed by atoms with Gasteiger partial charge in [0.25, 0.3) is 0 Å². The molecule has 0 saturated heterocycles. The Morgan fingerprint density at radius 3 is 2.14 bits per heavy atom. The van der Waals surface area contributed by atoms with Gasteiger partial charge in [0.1, 0.15) is 11.5 Å². The van der Waals surface area contributed by atoms with Crippen LogP contribution in [0.25, 0.3) is 10.4 Å². The molecular formula is C27H29N7O3. The van der Waals surface area contributed by atoms with E-state index in [4.69, 9.17) is 20.7 Å². The molecule has 10 nitrogen and oxygen atoms in total. The van der Waals surface area contributed by atoms with Gasteiger partial charge in [0, 0.05) is 86.4 Å². The highest BCUT2D eigenvalue weighted by Gasteiger charge is 2.54. The molecule has 0 unspecified atom stereocenters. The summed E-state index contributed by atoms with van der Waals surface area (Å²) in [6.45, 7) is 0.916. The first-order valence-electron chi connectivity index (χ1n) is 12.0. The van der Waals surface area contributed by atoms with Crippen molar-refractivity contribution in [2.45, 2.75) is 12.0 Å². The Morgan fingerprint density at radius 1 is 0.973 bits per heavy atom. The first-order valence-corrected chi connectivity index (χ1v) is 12.0. The molecular weight excluding hydrogens is 470 g/mol. The van der Waals surface area contributed by atoms with Crippen molar-refractivity contribution in [3.63, 3.8) is 0 Å². The Labute approximate surface area is 215 Å². The van der Waals surface area contributed by atoms with Gasteiger partial charge in [0.15, 0.2) is 5.60 Å². The highest BCUT2D eigenvalue weighted by Crippen LogP contribution is 2.58. The Balaban J connectivity index is 1.67. The third-order valence-corrected chi connectivity index (χ3v) is 6.83. The van der Waals surface area contributed by atoms with Crippen LogP contribution in [0.3, 0.4) is 0 Å². The van der Waals surface area contributed by atoms with Gasteiger partial charge in [0.2, 0.25) is 0 Å². The third kappa shape index (κ3) is 3.82. The van der Waals surface area contributed by atoms with Crippen LogP contribution in [0.15, 0.2) is 53.6 Å². The molecule has 0 amide bonds. The summed E-state index contributed by atoms with van der Waals surface area (Å²) in [5.41, 5.74) is 19.2. The summed E-state index contributed by atoms with van der Waals surface area (Å²) in [7, 11) is 7.85. The molecule has 5 rings (SSSR count). The summed E-state index contributed by atoms with van der Waals surface area (Å²) < 4.78 is 12.7. The summed E-state index contributed by atoms with van der Waals surface area (Å²) in [5.74, 6) is 0.751. The van der Waals surface area contributed by atoms with Crippen molar-refractivity contribution >= 4 is 28.7 Å². The number of nitrogen functional groups attached to an aromatic ring is 1. The standard InChI is InChI=1S/C27H29N7O3/c1-33(2)16-6-8-18-22(14-16)36-23-15-17(34(3)4)7-9-19(23)27(18)20-10-11-21(30-12-5-13-31-32-29)25(28)24(20)26(35)37-27/h6-11,14-15,30H,5,12-13,28H2,1-4H3. The molecule has 0 aromatic heterocycles. The van der Waals surface area contributed by atoms with Crippen LogP contribution < -0.4 is 25.6 Å². The molecule has 2 aliphatic rings. The number of carbonyl (C=O) groups is 1. The Hall–Kier alpha value is -4.56. The molecule has 0 atom stereocenters. The summed E-state index contributed by atoms with van der Waals surface area (Å²) in [6, 6.07) is 15.5. The predicted octanol–water partition coefficient (Wildman–Crippen LogP) is 5.08. The van der Waals surface area contributed by atoms with Crippen LogP contribution in [0.5, 0.6) is 11.5 Å². The first kappa shape index (κ1) is 24.1. The van der Waals surface area contributed by atoms with Gasteiger partial charge in [-0.2, -0.15) is 0 Å². The van der Waals surface area contributed by atoms with Crippen LogP contribution in [0.4, 0.5) is 22.7 Å². The van der Waals surface area contributed by atoms with Crippen molar-refractivity contribution in [3.05, 3.63) is 81.2 Å². The molecule has 3 N–H and O–H groups in total. The maximum absolute atomic E-state index is 13.5. The number of rotatable bonds is 7. The normalized spacial score (nSPS) is 14.0. The molecule has 3 aromatic carbocycles. The summed E-state index contributed by atoms with van der Waals surface area (Å²) in [5, 5.41) is 6.79. The molecule has 37 heavy (non-hydrogen) atoms. The van der Waals surface area contributed by atoms with Crippen molar-refractivity contribution in [2.24, 2.45) is 5.11 Å². The Bertz CT molecular complexity index is 1390. The van der Waals surface area contributed by atoms with Gasteiger partial charge in [-0.3, -0.25) is 0 Å². The average molecular weight is 500 g/mol. The number of anilines is 4. The van der Waals surface area contributed by atoms with E-state index in [1.165, 1.54) is 0 Å². The lowest BCUT2D eigenvalue weighted by Gasteiger charge is -2.37. The fraction of sp³-hybridized carbons (Fsp3) is 0.296. The third-order valence-electron chi connectivity index (χ3n) is 6.83. The lowest BCUT2D eigenvalue weighted by Crippen LogP contribution is -2.33. The molecule has 0 aliphatic carbocycles. The Morgan fingerprint density at radius 2 is 1.57 bits per heavy atom. The molecule has 2 heterocycles. The van der Waals surface area contributed by atoms with Crippen LogP contribution in [0, 0.1) is 0 Å². The van der Waals surface area contributed by atoms with Gasteiger partial charge < -0.3 is 30.3 Å². The van der Waals surface area contributed by atoms with Crippen LogP contribution in [-0.2, 0) is 10.3 Å². The predicted molar refractivity (Wildman–Crippen MR) is 145 cm³/mol. The summed E-state index contributed by atoms with van der Waals surface area (Å²) >= 11 is 0. The van der Waals surface area contributed by atoms with Gasteiger partial charge in [-0.05, 0) is 42.3 Å². The monoisotopic (exact) mass is 499 g/mol. The average Bonchev–Trinajstić information content (AvgIpc) is 3.17. The van der Waals surface area contributed by atoms with E-state index >= 15 is 0 Å². The number of nitrogens with one attached hydrogen (secondary N) is 1. The number of nitrogens with zero attached hydrogens (tertiary/aromatic N) is 5. The number of carbonyl (C=O) groups excluding carboxylic acids is 1. The van der Waals surface area contributed by atoms with Gasteiger partial charge in [-0.15, -0.1) is 0 Å². The van der Waals surface area contributed by atoms with Crippen LogP contribution >= 0.6 is 0 Å². The second kappa shape index (κ2) is 9.15. The fourth-order valence-corrected chi connectivity index (χ4v) is 4.94. The van der Waals surface area contributed by atoms with Gasteiger partial charge in [-0.25, -0.2) is 4.79 Å². The van der Waals surface area contributed by atoms with E-state index in [0.717, 1.165) is 22.5 Å². The van der Waals surface area contributed by atoms with E-state index in [2.05, 4.69) is 15.3 Å². The highest BCUT2D eigenvalue weighted by atomic mass is 16.6. The number of hydrogen-bond acceptors (Lipinski definition) is 8. The van der Waals surface area contributed by atoms with Crippen molar-refractivity contribution in [3.8, 4) is 11.5 Å². The summed E-state index contributed by atoms with van der Waals surface area (Å²) in [6.07, 6.45) is 0.634. The quantitative estimate of drug-likeness (QED) is 0.116. The molecule has 190 valence electrons. The molecule has 2 aliphatic heterocycles. The van der Waals surface area contributed by atoms with E-state index in [9.17, 15) is 4.79 Å². The maximum atomic E-state index is 13.5.